The van der Waals surface area contributed by atoms with Gasteiger partial charge in [0.25, 0.3) is 0 Å². The number of hydrogen-bond donors (Lipinski definition) is 4. The van der Waals surface area contributed by atoms with E-state index in [2.05, 4.69) is 21.3 Å². The fraction of sp³-hybridized carbons (Fsp3) is 0.836. The molecule has 7 fully saturated rings. The monoisotopic (exact) mass is 1330 g/mol. The molecular weight excluding hydrogens is 1230 g/mol. The molecular formula is C67H107ClF3N11O11. The molecule has 0 aromatic rings. The van der Waals surface area contributed by atoms with Gasteiger partial charge in [-0.2, -0.15) is 13.2 Å². The first-order chi connectivity index (χ1) is 43.8. The van der Waals surface area contributed by atoms with E-state index in [4.69, 9.17) is 11.6 Å². The Bertz CT molecular complexity index is 2710. The van der Waals surface area contributed by atoms with Crippen LogP contribution in [0.2, 0.25) is 0 Å². The van der Waals surface area contributed by atoms with Crippen molar-refractivity contribution in [3.63, 3.8) is 0 Å². The van der Waals surface area contributed by atoms with Crippen molar-refractivity contribution in [2.45, 2.75) is 267 Å². The number of likely N-dealkylation sites (N-methyl/N-ethyl adjacent to an activating group) is 5. The largest absolute Gasteiger partial charge is 0.393 e. The molecule has 4 saturated carbocycles. The average Bonchev–Trinajstić information content (AvgIpc) is 1.72. The van der Waals surface area contributed by atoms with Gasteiger partial charge < -0.3 is 55.6 Å². The predicted molar refractivity (Wildman–Crippen MR) is 343 cm³/mol. The highest BCUT2D eigenvalue weighted by Gasteiger charge is 2.52. The fourth-order valence-electron chi connectivity index (χ4n) is 15.5. The zero-order valence-corrected chi connectivity index (χ0v) is 57.7. The molecule has 13 atom stereocenters. The second-order valence-corrected chi connectivity index (χ2v) is 29.6. The van der Waals surface area contributed by atoms with Gasteiger partial charge in [-0.05, 0) is 120 Å². The molecule has 93 heavy (non-hydrogen) atoms. The Balaban J connectivity index is 1.22. The Morgan fingerprint density at radius 1 is 0.581 bits per heavy atom. The fourth-order valence-corrected chi connectivity index (χ4v) is 16.0. The summed E-state index contributed by atoms with van der Waals surface area (Å²) in [4.78, 5) is 171. The third kappa shape index (κ3) is 17.8. The molecule has 1 spiro atoms. The summed E-state index contributed by atoms with van der Waals surface area (Å²) in [5.74, 6) is -8.93. The van der Waals surface area contributed by atoms with Crippen LogP contribution in [0.4, 0.5) is 13.2 Å². The van der Waals surface area contributed by atoms with E-state index in [9.17, 15) is 56.3 Å². The number of nitrogens with zero attached hydrogens (tertiary/aromatic N) is 7. The van der Waals surface area contributed by atoms with Crippen LogP contribution in [0.15, 0.2) is 0 Å². The van der Waals surface area contributed by atoms with Crippen LogP contribution < -0.4 is 21.3 Å². The maximum atomic E-state index is 15.1. The SMILES string of the molecule is CC[C@H](C)[C@@H]1NC(=O)[C@H](CC2CCC2)N(C)C(=O)C[C@@H](C)NC(=O)[C@H](C(C)C)N(C)C(=O)C2(CCCC2)NC(=O)[C@@H]2CCCN2C(=O)[C@H](CCC2CCC(C(F)(F)F)C(Cl)C2)NC(=O)CN(C)C(=O)[C@H](CC2CCCCC2)N(C)C(=O)[C@@H]2CCN2C(=O)[C@H](C)N(C)C1=O. The molecule has 4 N–H and O–H groups in total. The second-order valence-electron chi connectivity index (χ2n) is 29.0. The molecule has 4 aliphatic carbocycles. The van der Waals surface area contributed by atoms with Crippen molar-refractivity contribution in [2.24, 2.45) is 35.5 Å². The van der Waals surface area contributed by atoms with Crippen molar-refractivity contribution >= 4 is 76.6 Å². The van der Waals surface area contributed by atoms with Crippen LogP contribution in [0.1, 0.15) is 196 Å². The Labute approximate surface area is 553 Å². The molecule has 3 heterocycles. The zero-order chi connectivity index (χ0) is 68.6. The van der Waals surface area contributed by atoms with Crippen LogP contribution in [0.5, 0.6) is 0 Å². The van der Waals surface area contributed by atoms with E-state index in [0.717, 1.165) is 51.4 Å². The minimum absolute atomic E-state index is 0.0181. The molecule has 3 aliphatic heterocycles. The number of nitrogens with one attached hydrogen (secondary N) is 4. The summed E-state index contributed by atoms with van der Waals surface area (Å²) < 4.78 is 41.8. The van der Waals surface area contributed by atoms with Crippen LogP contribution >= 0.6 is 11.6 Å². The summed E-state index contributed by atoms with van der Waals surface area (Å²) in [5.41, 5.74) is -1.47. The van der Waals surface area contributed by atoms with Gasteiger partial charge in [0.15, 0.2) is 0 Å². The molecule has 7 rings (SSSR count). The first-order valence-corrected chi connectivity index (χ1v) is 35.1. The second kappa shape index (κ2) is 32.3. The number of hydrogen-bond acceptors (Lipinski definition) is 11. The molecule has 0 aromatic carbocycles. The number of amides is 11. The number of carbonyl (C=O) groups excluding carboxylic acids is 11. The number of fused-ring (bicyclic) bond motifs is 2. The van der Waals surface area contributed by atoms with E-state index >= 15 is 9.59 Å². The van der Waals surface area contributed by atoms with Gasteiger partial charge >= 0.3 is 6.18 Å². The van der Waals surface area contributed by atoms with Crippen LogP contribution in [0.3, 0.4) is 0 Å². The number of alkyl halides is 4. The van der Waals surface area contributed by atoms with Gasteiger partial charge in [-0.25, -0.2) is 0 Å². The smallest absolute Gasteiger partial charge is 0.351 e. The lowest BCUT2D eigenvalue weighted by molar-refractivity contribution is -0.182. The van der Waals surface area contributed by atoms with E-state index in [-0.39, 0.29) is 101 Å². The maximum absolute atomic E-state index is 15.1. The van der Waals surface area contributed by atoms with Gasteiger partial charge in [-0.15, -0.1) is 11.6 Å². The van der Waals surface area contributed by atoms with Crippen molar-refractivity contribution in [1.82, 2.24) is 55.6 Å². The highest BCUT2D eigenvalue weighted by molar-refractivity contribution is 6.20. The molecule has 7 aliphatic rings. The Kier molecular flexibility index (Phi) is 25.9. The van der Waals surface area contributed by atoms with E-state index in [1.54, 1.807) is 27.7 Å². The Hall–Kier alpha value is -5.75. The van der Waals surface area contributed by atoms with Gasteiger partial charge in [0.2, 0.25) is 65.0 Å². The van der Waals surface area contributed by atoms with E-state index < -0.39 is 161 Å². The van der Waals surface area contributed by atoms with E-state index in [1.165, 1.54) is 69.5 Å². The third-order valence-electron chi connectivity index (χ3n) is 22.1. The third-order valence-corrected chi connectivity index (χ3v) is 22.6. The minimum Gasteiger partial charge on any atom is -0.351 e. The number of halogens is 4. The number of rotatable bonds is 10. The predicted octanol–water partition coefficient (Wildman–Crippen LogP) is 5.90. The Morgan fingerprint density at radius 3 is 1.77 bits per heavy atom. The average molecular weight is 1340 g/mol. The van der Waals surface area contributed by atoms with E-state index in [0.29, 0.717) is 32.1 Å². The summed E-state index contributed by atoms with van der Waals surface area (Å²) in [6, 6.07) is -9.56. The van der Waals surface area contributed by atoms with Crippen LogP contribution in [-0.4, -0.2) is 226 Å². The standard InChI is InChI=1S/C67H107ClF3N11O11/c1-12-40(4)55-64(92)77(8)42(6)60(88)82-33-29-50(82)63(91)79(10)52(37-43-20-14-13-15-21-43)62(90)76(7)38-53(83)73-48(28-26-45-25-27-46(47(68)35-45)67(69,70)71)61(89)81-32-19-24-49(81)58(86)75-66(30-16-17-31-66)65(93)80(11)56(39(2)3)59(87)72-41(5)34-54(84)78(9)51(57(85)74-55)36-44-22-18-23-44/h39-52,55-56H,12-38H2,1-11H3,(H,72,87)(H,73,83)(H,74,85)(H,75,86)/t40-,41+,42-,45?,46?,47?,48-,49-,50-,51-,52-,55-,56-/m0/s1. The zero-order valence-electron chi connectivity index (χ0n) is 57.0. The van der Waals surface area contributed by atoms with E-state index in [1.807, 2.05) is 13.8 Å². The van der Waals surface area contributed by atoms with Crippen molar-refractivity contribution in [2.75, 3.05) is 54.9 Å². The van der Waals surface area contributed by atoms with Crippen molar-refractivity contribution in [3.8, 4) is 0 Å². The summed E-state index contributed by atoms with van der Waals surface area (Å²) in [6.45, 7) is 10.2. The molecule has 3 saturated heterocycles. The maximum Gasteiger partial charge on any atom is 0.393 e. The highest BCUT2D eigenvalue weighted by atomic mass is 35.5. The quantitative estimate of drug-likeness (QED) is 0.187. The van der Waals surface area contributed by atoms with Crippen molar-refractivity contribution < 1.29 is 65.9 Å². The van der Waals surface area contributed by atoms with Gasteiger partial charge in [0.05, 0.1) is 12.5 Å². The van der Waals surface area contributed by atoms with Crippen LogP contribution in [0, 0.1) is 35.5 Å². The molecule has 11 amide bonds. The van der Waals surface area contributed by atoms with Gasteiger partial charge in [-0.1, -0.05) is 98.3 Å². The van der Waals surface area contributed by atoms with Gasteiger partial charge in [0.1, 0.15) is 53.9 Å². The highest BCUT2D eigenvalue weighted by Crippen LogP contribution is 2.44. The molecule has 3 unspecified atom stereocenters. The normalized spacial score (nSPS) is 32.2. The van der Waals surface area contributed by atoms with Crippen LogP contribution in [-0.2, 0) is 52.7 Å². The molecule has 26 heteroatoms. The van der Waals surface area contributed by atoms with Crippen molar-refractivity contribution in [3.05, 3.63) is 0 Å². The summed E-state index contributed by atoms with van der Waals surface area (Å²) in [7, 11) is 7.42. The molecule has 22 nitrogen and oxygen atoms in total. The van der Waals surface area contributed by atoms with Crippen molar-refractivity contribution in [1.29, 1.82) is 0 Å². The number of carbonyl (C=O) groups is 11. The summed E-state index contributed by atoms with van der Waals surface area (Å²) in [6.07, 6.45) is 6.09. The topological polar surface area (TPSA) is 259 Å². The molecule has 0 radical (unpaired) electrons. The summed E-state index contributed by atoms with van der Waals surface area (Å²) >= 11 is 6.38. The van der Waals surface area contributed by atoms with Crippen LogP contribution in [0.25, 0.3) is 0 Å². The lowest BCUT2D eigenvalue weighted by atomic mass is 9.78. The lowest BCUT2D eigenvalue weighted by Crippen LogP contribution is -2.65. The first kappa shape index (κ1) is 74.6. The minimum atomic E-state index is -4.49. The molecule has 524 valence electrons. The molecule has 0 bridgehead atoms. The molecule has 0 aromatic heterocycles. The first-order valence-electron chi connectivity index (χ1n) is 34.7. The lowest BCUT2D eigenvalue weighted by Gasteiger charge is -2.45. The Morgan fingerprint density at radius 2 is 1.20 bits per heavy atom. The van der Waals surface area contributed by atoms with Gasteiger partial charge in [0, 0.05) is 66.2 Å². The summed E-state index contributed by atoms with van der Waals surface area (Å²) in [5, 5.41) is 10.6. The van der Waals surface area contributed by atoms with Gasteiger partial charge in [-0.3, -0.25) is 52.7 Å².